The molecule has 5 heteroatoms. The smallest absolute Gasteiger partial charge is 0.253 e. The second-order valence-electron chi connectivity index (χ2n) is 8.37. The molecule has 0 saturated carbocycles. The van der Waals surface area contributed by atoms with Crippen LogP contribution in [0.4, 0.5) is 5.82 Å². The topological polar surface area (TPSA) is 52.2 Å². The third kappa shape index (κ3) is 4.11. The van der Waals surface area contributed by atoms with Crippen molar-refractivity contribution in [1.82, 2.24) is 15.1 Å². The molecule has 1 N–H and O–H groups in total. The van der Waals surface area contributed by atoms with Gasteiger partial charge in [0.25, 0.3) is 5.91 Å². The maximum Gasteiger partial charge on any atom is 0.253 e. The minimum absolute atomic E-state index is 0.123. The van der Waals surface area contributed by atoms with Crippen LogP contribution in [0.25, 0.3) is 11.3 Å². The van der Waals surface area contributed by atoms with E-state index in [4.69, 9.17) is 0 Å². The standard InChI is InChI=1S/C25H30N4O/c1-17-6-8-21(14-19(17)3)23-16-24(27-26-23)28-10-5-11-29(13-12-28)25(30)22-9-7-18(2)20(4)15-22/h6-9,14-16H,5,10-13H2,1-4H3,(H,26,27). The van der Waals surface area contributed by atoms with Gasteiger partial charge in [-0.05, 0) is 80.1 Å². The third-order valence-corrected chi connectivity index (χ3v) is 6.24. The van der Waals surface area contributed by atoms with Gasteiger partial charge in [-0.2, -0.15) is 5.10 Å². The second kappa shape index (κ2) is 8.34. The van der Waals surface area contributed by atoms with Crippen LogP contribution in [-0.2, 0) is 0 Å². The molecule has 2 aromatic carbocycles. The normalized spacial score (nSPS) is 14.7. The number of nitrogens with one attached hydrogen (secondary N) is 1. The Morgan fingerprint density at radius 2 is 1.57 bits per heavy atom. The van der Waals surface area contributed by atoms with Crippen molar-refractivity contribution in [3.63, 3.8) is 0 Å². The molecule has 2 heterocycles. The van der Waals surface area contributed by atoms with E-state index in [1.807, 2.05) is 23.1 Å². The number of aryl methyl sites for hydroxylation is 4. The molecule has 0 unspecified atom stereocenters. The van der Waals surface area contributed by atoms with Crippen LogP contribution in [0.3, 0.4) is 0 Å². The molecule has 4 rings (SSSR count). The molecule has 0 radical (unpaired) electrons. The van der Waals surface area contributed by atoms with Crippen LogP contribution in [0.1, 0.15) is 39.0 Å². The van der Waals surface area contributed by atoms with Crippen molar-refractivity contribution in [3.8, 4) is 11.3 Å². The van der Waals surface area contributed by atoms with Gasteiger partial charge in [-0.1, -0.05) is 18.2 Å². The van der Waals surface area contributed by atoms with Crippen LogP contribution < -0.4 is 4.90 Å². The lowest BCUT2D eigenvalue weighted by Gasteiger charge is -2.22. The number of carbonyl (C=O) groups is 1. The first-order valence-electron chi connectivity index (χ1n) is 10.7. The van der Waals surface area contributed by atoms with Gasteiger partial charge in [0.1, 0.15) is 0 Å². The lowest BCUT2D eigenvalue weighted by atomic mass is 10.0. The van der Waals surface area contributed by atoms with Gasteiger partial charge in [-0.25, -0.2) is 0 Å². The summed E-state index contributed by atoms with van der Waals surface area (Å²) in [4.78, 5) is 17.2. The first-order chi connectivity index (χ1) is 14.4. The number of amides is 1. The summed E-state index contributed by atoms with van der Waals surface area (Å²) in [6.07, 6.45) is 0.933. The minimum Gasteiger partial charge on any atom is -0.353 e. The molecule has 1 aliphatic rings. The van der Waals surface area contributed by atoms with Crippen molar-refractivity contribution >= 4 is 11.7 Å². The Morgan fingerprint density at radius 1 is 0.833 bits per heavy atom. The molecular formula is C25H30N4O. The van der Waals surface area contributed by atoms with Crippen molar-refractivity contribution in [2.45, 2.75) is 34.1 Å². The van der Waals surface area contributed by atoms with Gasteiger partial charge in [0, 0.05) is 37.8 Å². The highest BCUT2D eigenvalue weighted by Crippen LogP contribution is 2.25. The Morgan fingerprint density at radius 3 is 2.30 bits per heavy atom. The van der Waals surface area contributed by atoms with Gasteiger partial charge in [0.2, 0.25) is 0 Å². The minimum atomic E-state index is 0.123. The van der Waals surface area contributed by atoms with E-state index in [9.17, 15) is 4.79 Å². The molecule has 30 heavy (non-hydrogen) atoms. The SMILES string of the molecule is Cc1ccc(C(=O)N2CCCN(c3cc(-c4ccc(C)c(C)c4)[nH]n3)CC2)cc1C. The molecule has 1 saturated heterocycles. The average Bonchev–Trinajstić information content (AvgIpc) is 3.09. The predicted octanol–water partition coefficient (Wildman–Crippen LogP) is 4.66. The van der Waals surface area contributed by atoms with Crippen molar-refractivity contribution in [2.24, 2.45) is 0 Å². The fourth-order valence-electron chi connectivity index (χ4n) is 3.94. The van der Waals surface area contributed by atoms with Crippen LogP contribution in [0, 0.1) is 27.7 Å². The molecule has 1 aliphatic heterocycles. The Kier molecular flexibility index (Phi) is 5.62. The van der Waals surface area contributed by atoms with Crippen molar-refractivity contribution < 1.29 is 4.79 Å². The van der Waals surface area contributed by atoms with Crippen LogP contribution in [0.15, 0.2) is 42.5 Å². The molecule has 0 spiro atoms. The second-order valence-corrected chi connectivity index (χ2v) is 8.37. The molecule has 3 aromatic rings. The zero-order valence-electron chi connectivity index (χ0n) is 18.3. The predicted molar refractivity (Wildman–Crippen MR) is 122 cm³/mol. The highest BCUT2D eigenvalue weighted by molar-refractivity contribution is 5.94. The number of hydrogen-bond acceptors (Lipinski definition) is 3. The van der Waals surface area contributed by atoms with E-state index >= 15 is 0 Å². The summed E-state index contributed by atoms with van der Waals surface area (Å²) in [5.41, 5.74) is 7.90. The molecule has 1 fully saturated rings. The van der Waals surface area contributed by atoms with E-state index in [0.717, 1.165) is 54.3 Å². The van der Waals surface area contributed by atoms with Gasteiger partial charge < -0.3 is 9.80 Å². The summed E-state index contributed by atoms with van der Waals surface area (Å²) in [5, 5.41) is 7.74. The number of H-pyrrole nitrogens is 1. The largest absolute Gasteiger partial charge is 0.353 e. The molecule has 0 aliphatic carbocycles. The van der Waals surface area contributed by atoms with E-state index in [-0.39, 0.29) is 5.91 Å². The number of hydrogen-bond donors (Lipinski definition) is 1. The number of aromatic amines is 1. The average molecular weight is 403 g/mol. The molecule has 5 nitrogen and oxygen atoms in total. The van der Waals surface area contributed by atoms with Gasteiger partial charge in [-0.3, -0.25) is 9.89 Å². The van der Waals surface area contributed by atoms with E-state index in [0.29, 0.717) is 6.54 Å². The maximum atomic E-state index is 13.0. The third-order valence-electron chi connectivity index (χ3n) is 6.24. The van der Waals surface area contributed by atoms with Crippen LogP contribution in [-0.4, -0.2) is 47.2 Å². The van der Waals surface area contributed by atoms with Crippen molar-refractivity contribution in [2.75, 3.05) is 31.1 Å². The monoisotopic (exact) mass is 402 g/mol. The maximum absolute atomic E-state index is 13.0. The zero-order valence-corrected chi connectivity index (χ0v) is 18.3. The van der Waals surface area contributed by atoms with E-state index in [2.05, 4.69) is 67.1 Å². The van der Waals surface area contributed by atoms with Crippen molar-refractivity contribution in [3.05, 3.63) is 70.3 Å². The number of nitrogens with zero attached hydrogens (tertiary/aromatic N) is 3. The highest BCUT2D eigenvalue weighted by atomic mass is 16.2. The Balaban J connectivity index is 1.45. The lowest BCUT2D eigenvalue weighted by Crippen LogP contribution is -2.35. The highest BCUT2D eigenvalue weighted by Gasteiger charge is 2.22. The number of benzene rings is 2. The zero-order chi connectivity index (χ0) is 21.3. The first kappa shape index (κ1) is 20.2. The Bertz CT molecular complexity index is 1070. The Labute approximate surface area is 178 Å². The van der Waals surface area contributed by atoms with E-state index in [1.165, 1.54) is 16.7 Å². The van der Waals surface area contributed by atoms with Crippen LogP contribution in [0.2, 0.25) is 0 Å². The van der Waals surface area contributed by atoms with Gasteiger partial charge >= 0.3 is 0 Å². The van der Waals surface area contributed by atoms with E-state index in [1.54, 1.807) is 0 Å². The van der Waals surface area contributed by atoms with Gasteiger partial charge in [0.05, 0.1) is 5.69 Å². The van der Waals surface area contributed by atoms with Gasteiger partial charge in [0.15, 0.2) is 5.82 Å². The molecule has 0 atom stereocenters. The summed E-state index contributed by atoms with van der Waals surface area (Å²) in [6.45, 7) is 11.5. The fraction of sp³-hybridized carbons (Fsp3) is 0.360. The lowest BCUT2D eigenvalue weighted by molar-refractivity contribution is 0.0767. The molecule has 1 amide bonds. The van der Waals surface area contributed by atoms with Crippen molar-refractivity contribution in [1.29, 1.82) is 0 Å². The molecule has 0 bridgehead atoms. The summed E-state index contributed by atoms with van der Waals surface area (Å²) in [6, 6.07) is 14.6. The number of aromatic nitrogens is 2. The number of carbonyl (C=O) groups excluding carboxylic acids is 1. The van der Waals surface area contributed by atoms with Crippen LogP contribution in [0.5, 0.6) is 0 Å². The quantitative estimate of drug-likeness (QED) is 0.693. The molecule has 1 aromatic heterocycles. The summed E-state index contributed by atoms with van der Waals surface area (Å²) in [5.74, 6) is 1.07. The van der Waals surface area contributed by atoms with Gasteiger partial charge in [-0.15, -0.1) is 0 Å². The van der Waals surface area contributed by atoms with E-state index < -0.39 is 0 Å². The molecule has 156 valence electrons. The summed E-state index contributed by atoms with van der Waals surface area (Å²) < 4.78 is 0. The number of rotatable bonds is 3. The van der Waals surface area contributed by atoms with Crippen LogP contribution >= 0.6 is 0 Å². The number of anilines is 1. The first-order valence-corrected chi connectivity index (χ1v) is 10.7. The summed E-state index contributed by atoms with van der Waals surface area (Å²) >= 11 is 0. The Hall–Kier alpha value is -3.08. The fourth-order valence-corrected chi connectivity index (χ4v) is 3.94. The molecular weight excluding hydrogens is 372 g/mol. The summed E-state index contributed by atoms with van der Waals surface area (Å²) in [7, 11) is 0.